The summed E-state index contributed by atoms with van der Waals surface area (Å²) in [5, 5.41) is 0. The Balaban J connectivity index is 2.06. The van der Waals surface area contributed by atoms with Crippen molar-refractivity contribution >= 4 is 9.03 Å². The molecule has 16 heavy (non-hydrogen) atoms. The van der Waals surface area contributed by atoms with Gasteiger partial charge in [-0.2, -0.15) is 0 Å². The highest BCUT2D eigenvalue weighted by atomic mass is 31.1. The Kier molecular flexibility index (Phi) is 2.51. The van der Waals surface area contributed by atoms with Crippen LogP contribution in [0.3, 0.4) is 0 Å². The number of para-hydroxylation sites is 2. The molecule has 0 bridgehead atoms. The van der Waals surface area contributed by atoms with E-state index >= 15 is 0 Å². The third-order valence-corrected chi connectivity index (χ3v) is 3.14. The molecule has 1 heterocycles. The van der Waals surface area contributed by atoms with Crippen molar-refractivity contribution in [3.63, 3.8) is 0 Å². The van der Waals surface area contributed by atoms with E-state index in [1.807, 2.05) is 36.4 Å². The number of hydrogen-bond donors (Lipinski definition) is 0. The van der Waals surface area contributed by atoms with Gasteiger partial charge in [0.1, 0.15) is 11.5 Å². The van der Waals surface area contributed by atoms with E-state index < -0.39 is 0 Å². The summed E-state index contributed by atoms with van der Waals surface area (Å²) in [4.78, 5) is 0. The van der Waals surface area contributed by atoms with Gasteiger partial charge >= 0.3 is 9.03 Å². The molecule has 3 heteroatoms. The molecular weight excluding hydrogens is 219 g/mol. The van der Waals surface area contributed by atoms with Crippen molar-refractivity contribution in [2.75, 3.05) is 0 Å². The Morgan fingerprint density at radius 3 is 1.81 bits per heavy atom. The Morgan fingerprint density at radius 2 is 1.25 bits per heavy atom. The lowest BCUT2D eigenvalue weighted by atomic mass is 10.0. The summed E-state index contributed by atoms with van der Waals surface area (Å²) in [5.74, 6) is 1.80. The maximum atomic E-state index is 5.54. The van der Waals surface area contributed by atoms with Gasteiger partial charge in [-0.1, -0.05) is 36.4 Å². The molecule has 0 N–H and O–H groups in total. The highest BCUT2D eigenvalue weighted by Crippen LogP contribution is 2.35. The fourth-order valence-electron chi connectivity index (χ4n) is 1.78. The molecule has 0 aliphatic carbocycles. The average Bonchev–Trinajstić information content (AvgIpc) is 2.29. The quantitative estimate of drug-likeness (QED) is 0.639. The minimum atomic E-state index is 0.519. The topological polar surface area (TPSA) is 18.5 Å². The van der Waals surface area contributed by atoms with Gasteiger partial charge in [-0.25, -0.2) is 0 Å². The molecule has 0 atom stereocenters. The van der Waals surface area contributed by atoms with Crippen molar-refractivity contribution in [3.05, 3.63) is 59.7 Å². The van der Waals surface area contributed by atoms with Crippen LogP contribution in [0.4, 0.5) is 0 Å². The number of fused-ring (bicyclic) bond motifs is 2. The van der Waals surface area contributed by atoms with Gasteiger partial charge in [0.05, 0.1) is 0 Å². The van der Waals surface area contributed by atoms with E-state index in [0.717, 1.165) is 17.9 Å². The van der Waals surface area contributed by atoms with Crippen LogP contribution in [0.15, 0.2) is 48.5 Å². The summed E-state index contributed by atoms with van der Waals surface area (Å²) in [6.45, 7) is 0. The predicted molar refractivity (Wildman–Crippen MR) is 63.9 cm³/mol. The van der Waals surface area contributed by atoms with Gasteiger partial charge in [0.2, 0.25) is 0 Å². The normalized spacial score (nSPS) is 13.5. The van der Waals surface area contributed by atoms with Crippen LogP contribution in [-0.4, -0.2) is 0 Å². The van der Waals surface area contributed by atoms with Crippen LogP contribution < -0.4 is 9.05 Å². The molecule has 2 aromatic carbocycles. The number of hydrogen-bond acceptors (Lipinski definition) is 2. The first-order valence-electron chi connectivity index (χ1n) is 5.14. The molecule has 0 saturated heterocycles. The van der Waals surface area contributed by atoms with Crippen LogP contribution in [0.1, 0.15) is 11.1 Å². The van der Waals surface area contributed by atoms with E-state index in [-0.39, 0.29) is 0 Å². The molecule has 0 aromatic heterocycles. The van der Waals surface area contributed by atoms with Crippen molar-refractivity contribution < 1.29 is 9.05 Å². The van der Waals surface area contributed by atoms with Crippen molar-refractivity contribution in [2.24, 2.45) is 0 Å². The van der Waals surface area contributed by atoms with Crippen molar-refractivity contribution in [1.29, 1.82) is 0 Å². The molecule has 0 fully saturated rings. The average molecular weight is 229 g/mol. The molecule has 2 nitrogen and oxygen atoms in total. The molecule has 0 saturated carbocycles. The monoisotopic (exact) mass is 229 g/mol. The molecule has 2 aromatic rings. The Bertz CT molecular complexity index is 465. The fraction of sp³-hybridized carbons (Fsp3) is 0.0769. The number of benzene rings is 2. The third kappa shape index (κ3) is 1.77. The van der Waals surface area contributed by atoms with Crippen LogP contribution in [0, 0.1) is 0 Å². The molecule has 0 unspecified atom stereocenters. The van der Waals surface area contributed by atoms with Gasteiger partial charge in [0.15, 0.2) is 0 Å². The minimum absolute atomic E-state index is 0.519. The van der Waals surface area contributed by atoms with Crippen LogP contribution in [0.5, 0.6) is 11.5 Å². The van der Waals surface area contributed by atoms with E-state index in [1.165, 1.54) is 11.1 Å². The van der Waals surface area contributed by atoms with Gasteiger partial charge in [0.25, 0.3) is 0 Å². The Labute approximate surface area is 96.2 Å². The summed E-state index contributed by atoms with van der Waals surface area (Å²) >= 11 is 0. The second kappa shape index (κ2) is 4.15. The van der Waals surface area contributed by atoms with Crippen LogP contribution in [-0.2, 0) is 6.42 Å². The van der Waals surface area contributed by atoms with Crippen molar-refractivity contribution in [3.8, 4) is 11.5 Å². The molecule has 1 aliphatic heterocycles. The Hall–Kier alpha value is -1.53. The lowest BCUT2D eigenvalue weighted by molar-refractivity contribution is 0.502. The van der Waals surface area contributed by atoms with E-state index in [1.54, 1.807) is 0 Å². The maximum Gasteiger partial charge on any atom is 0.405 e. The van der Waals surface area contributed by atoms with E-state index in [2.05, 4.69) is 12.1 Å². The minimum Gasteiger partial charge on any atom is -0.431 e. The highest BCUT2D eigenvalue weighted by Gasteiger charge is 2.13. The first-order valence-corrected chi connectivity index (χ1v) is 5.87. The molecule has 0 spiro atoms. The van der Waals surface area contributed by atoms with E-state index in [4.69, 9.17) is 9.05 Å². The third-order valence-electron chi connectivity index (χ3n) is 2.60. The zero-order valence-corrected chi connectivity index (χ0v) is 9.48. The molecular formula is C13H10O2P. The molecule has 1 aliphatic rings. The van der Waals surface area contributed by atoms with Gasteiger partial charge < -0.3 is 9.05 Å². The summed E-state index contributed by atoms with van der Waals surface area (Å²) < 4.78 is 11.1. The molecule has 79 valence electrons. The van der Waals surface area contributed by atoms with Crippen molar-refractivity contribution in [1.82, 2.24) is 0 Å². The predicted octanol–water partition coefficient (Wildman–Crippen LogP) is 3.82. The lowest BCUT2D eigenvalue weighted by Gasteiger charge is -2.16. The van der Waals surface area contributed by atoms with Gasteiger partial charge in [-0.05, 0) is 23.3 Å². The maximum absolute atomic E-state index is 5.54. The van der Waals surface area contributed by atoms with Gasteiger partial charge in [-0.15, -0.1) is 0 Å². The first-order chi connectivity index (χ1) is 7.93. The largest absolute Gasteiger partial charge is 0.431 e. The van der Waals surface area contributed by atoms with Crippen molar-refractivity contribution in [2.45, 2.75) is 6.42 Å². The lowest BCUT2D eigenvalue weighted by Crippen LogP contribution is -1.99. The summed E-state index contributed by atoms with van der Waals surface area (Å²) in [5.41, 5.74) is 2.40. The van der Waals surface area contributed by atoms with Gasteiger partial charge in [0, 0.05) is 6.42 Å². The standard InChI is InChI=1S/C13H10O2P/c1-3-7-12-10(5-1)9-11-6-2-4-8-13(11)15-16-14-12/h1-8H,9H2. The SMILES string of the molecule is c1ccc2c(c1)Cc1ccccc1O[P]O2. The summed E-state index contributed by atoms with van der Waals surface area (Å²) in [7, 11) is 0.519. The number of rotatable bonds is 0. The molecule has 0 amide bonds. The Morgan fingerprint density at radius 1 is 0.750 bits per heavy atom. The second-order valence-electron chi connectivity index (χ2n) is 3.65. The van der Waals surface area contributed by atoms with Crippen LogP contribution in [0.2, 0.25) is 0 Å². The zero-order chi connectivity index (χ0) is 10.8. The first kappa shape index (κ1) is 9.68. The van der Waals surface area contributed by atoms with Crippen LogP contribution >= 0.6 is 9.03 Å². The molecule has 3 rings (SSSR count). The fourth-order valence-corrected chi connectivity index (χ4v) is 2.34. The van der Waals surface area contributed by atoms with E-state index in [9.17, 15) is 0 Å². The second-order valence-corrected chi connectivity index (χ2v) is 4.16. The van der Waals surface area contributed by atoms with Gasteiger partial charge in [-0.3, -0.25) is 0 Å². The summed E-state index contributed by atoms with van der Waals surface area (Å²) in [6, 6.07) is 16.1. The zero-order valence-electron chi connectivity index (χ0n) is 8.59. The molecule has 1 radical (unpaired) electrons. The smallest absolute Gasteiger partial charge is 0.405 e. The highest BCUT2D eigenvalue weighted by molar-refractivity contribution is 7.27. The van der Waals surface area contributed by atoms with E-state index in [0.29, 0.717) is 9.03 Å². The van der Waals surface area contributed by atoms with Crippen LogP contribution in [0.25, 0.3) is 0 Å². The summed E-state index contributed by atoms with van der Waals surface area (Å²) in [6.07, 6.45) is 0.849.